The molecule has 0 aliphatic rings. The Labute approximate surface area is 207 Å². The number of ether oxygens (including phenoxy) is 2. The molecule has 1 atom stereocenters. The van der Waals surface area contributed by atoms with Crippen LogP contribution in [0.5, 0.6) is 11.5 Å². The van der Waals surface area contributed by atoms with E-state index in [9.17, 15) is 14.0 Å². The molecule has 2 aromatic heterocycles. The summed E-state index contributed by atoms with van der Waals surface area (Å²) in [6.45, 7) is 3.74. The van der Waals surface area contributed by atoms with Gasteiger partial charge >= 0.3 is 0 Å². The molecule has 4 rings (SSSR count). The van der Waals surface area contributed by atoms with Gasteiger partial charge in [0.1, 0.15) is 18.1 Å². The Morgan fingerprint density at radius 3 is 2.56 bits per heavy atom. The Morgan fingerprint density at radius 1 is 1.08 bits per heavy atom. The number of para-hydroxylation sites is 1. The lowest BCUT2D eigenvalue weighted by Gasteiger charge is -2.18. The molecular weight excluding hydrogens is 463 g/mol. The third-order valence-electron chi connectivity index (χ3n) is 5.58. The normalized spacial score (nSPS) is 11.6. The van der Waals surface area contributed by atoms with E-state index in [1.165, 1.54) is 30.0 Å². The number of nitrogens with one attached hydrogen (secondary N) is 1. The van der Waals surface area contributed by atoms with Crippen molar-refractivity contribution >= 4 is 5.91 Å². The van der Waals surface area contributed by atoms with Gasteiger partial charge in [-0.05, 0) is 61.4 Å². The average Bonchev–Trinajstić information content (AvgIpc) is 2.88. The Kier molecular flexibility index (Phi) is 7.39. The smallest absolute Gasteiger partial charge is 0.276 e. The zero-order valence-corrected chi connectivity index (χ0v) is 20.1. The Morgan fingerprint density at radius 2 is 1.83 bits per heavy atom. The van der Waals surface area contributed by atoms with Gasteiger partial charge in [0.15, 0.2) is 17.2 Å². The molecule has 0 fully saturated rings. The third-order valence-corrected chi connectivity index (χ3v) is 5.58. The predicted molar refractivity (Wildman–Crippen MR) is 132 cm³/mol. The SMILES string of the molecule is COc1cc(C(C)NC(=O)c2nn(-c3ccccc3F)c(C)cc2=O)ccc1OCc1ccncc1. The second-order valence-electron chi connectivity index (χ2n) is 8.11. The van der Waals surface area contributed by atoms with Crippen molar-refractivity contribution in [2.24, 2.45) is 0 Å². The molecule has 8 nitrogen and oxygen atoms in total. The van der Waals surface area contributed by atoms with Crippen molar-refractivity contribution in [3.63, 3.8) is 0 Å². The minimum absolute atomic E-state index is 0.143. The van der Waals surface area contributed by atoms with Crippen molar-refractivity contribution < 1.29 is 18.7 Å². The summed E-state index contributed by atoms with van der Waals surface area (Å²) in [6.07, 6.45) is 3.38. The van der Waals surface area contributed by atoms with E-state index in [0.717, 1.165) is 11.1 Å². The van der Waals surface area contributed by atoms with E-state index in [1.807, 2.05) is 12.1 Å². The van der Waals surface area contributed by atoms with Crippen molar-refractivity contribution in [1.82, 2.24) is 20.1 Å². The Bertz CT molecular complexity index is 1440. The molecule has 0 aliphatic heterocycles. The molecule has 0 aliphatic carbocycles. The second-order valence-corrected chi connectivity index (χ2v) is 8.11. The highest BCUT2D eigenvalue weighted by Crippen LogP contribution is 2.31. The number of hydrogen-bond donors (Lipinski definition) is 1. The molecule has 9 heteroatoms. The van der Waals surface area contributed by atoms with Gasteiger partial charge in [-0.3, -0.25) is 14.6 Å². The molecule has 2 aromatic carbocycles. The summed E-state index contributed by atoms with van der Waals surface area (Å²) >= 11 is 0. The number of rotatable bonds is 8. The number of aryl methyl sites for hydroxylation is 1. The summed E-state index contributed by atoms with van der Waals surface area (Å²) in [6, 6.07) is 15.8. The molecule has 1 N–H and O–H groups in total. The van der Waals surface area contributed by atoms with Gasteiger partial charge in [0.05, 0.1) is 13.2 Å². The average molecular weight is 489 g/mol. The highest BCUT2D eigenvalue weighted by Gasteiger charge is 2.20. The third kappa shape index (κ3) is 5.41. The van der Waals surface area contributed by atoms with Gasteiger partial charge in [-0.25, -0.2) is 9.07 Å². The standard InChI is InChI=1S/C27H25FN4O4/c1-17-14-23(33)26(31-32(17)22-7-5-4-6-21(22)28)27(34)30-18(2)20-8-9-24(25(15-20)35-3)36-16-19-10-12-29-13-11-19/h4-15,18H,16H2,1-3H3,(H,30,34). The van der Waals surface area contributed by atoms with E-state index in [-0.39, 0.29) is 11.4 Å². The summed E-state index contributed by atoms with van der Waals surface area (Å²) in [5, 5.41) is 6.94. The molecule has 4 aromatic rings. The maximum absolute atomic E-state index is 14.3. The highest BCUT2D eigenvalue weighted by atomic mass is 19.1. The van der Waals surface area contributed by atoms with Crippen molar-refractivity contribution in [3.05, 3.63) is 112 Å². The number of methoxy groups -OCH3 is 1. The molecule has 36 heavy (non-hydrogen) atoms. The van der Waals surface area contributed by atoms with Gasteiger partial charge in [-0.2, -0.15) is 5.10 Å². The van der Waals surface area contributed by atoms with Crippen LogP contribution in [0.4, 0.5) is 4.39 Å². The number of nitrogens with zero attached hydrogens (tertiary/aromatic N) is 3. The van der Waals surface area contributed by atoms with E-state index in [2.05, 4.69) is 15.4 Å². The van der Waals surface area contributed by atoms with Gasteiger partial charge in [-0.1, -0.05) is 18.2 Å². The number of benzene rings is 2. The fourth-order valence-electron chi connectivity index (χ4n) is 3.63. The first kappa shape index (κ1) is 24.6. The summed E-state index contributed by atoms with van der Waals surface area (Å²) in [4.78, 5) is 29.5. The second kappa shape index (κ2) is 10.8. The van der Waals surface area contributed by atoms with Gasteiger partial charge < -0.3 is 14.8 Å². The number of pyridine rings is 1. The molecule has 1 unspecified atom stereocenters. The molecule has 0 radical (unpaired) electrons. The minimum Gasteiger partial charge on any atom is -0.493 e. The lowest BCUT2D eigenvalue weighted by atomic mass is 10.1. The lowest BCUT2D eigenvalue weighted by molar-refractivity contribution is 0.0931. The molecule has 0 spiro atoms. The van der Waals surface area contributed by atoms with E-state index >= 15 is 0 Å². The van der Waals surface area contributed by atoms with E-state index in [1.54, 1.807) is 56.6 Å². The number of carbonyl (C=O) groups is 1. The van der Waals surface area contributed by atoms with E-state index in [0.29, 0.717) is 23.8 Å². The molecule has 2 heterocycles. The van der Waals surface area contributed by atoms with Crippen LogP contribution in [0.25, 0.3) is 5.69 Å². The molecule has 0 saturated carbocycles. The Balaban J connectivity index is 1.53. The summed E-state index contributed by atoms with van der Waals surface area (Å²) < 4.78 is 26.9. The number of halogens is 1. The minimum atomic E-state index is -0.672. The first-order chi connectivity index (χ1) is 17.4. The first-order valence-electron chi connectivity index (χ1n) is 11.2. The number of carbonyl (C=O) groups excluding carboxylic acids is 1. The lowest BCUT2D eigenvalue weighted by Crippen LogP contribution is -2.33. The van der Waals surface area contributed by atoms with Crippen LogP contribution >= 0.6 is 0 Å². The van der Waals surface area contributed by atoms with Crippen LogP contribution in [-0.2, 0) is 6.61 Å². The molecule has 0 bridgehead atoms. The van der Waals surface area contributed by atoms with Crippen LogP contribution in [-0.4, -0.2) is 27.8 Å². The predicted octanol–water partition coefficient (Wildman–Crippen LogP) is 4.15. The van der Waals surface area contributed by atoms with Crippen LogP contribution in [0.1, 0.15) is 40.3 Å². The van der Waals surface area contributed by atoms with Crippen molar-refractivity contribution in [1.29, 1.82) is 0 Å². The molecule has 1 amide bonds. The molecule has 184 valence electrons. The van der Waals surface area contributed by atoms with Gasteiger partial charge in [0, 0.05) is 24.2 Å². The Hall–Kier alpha value is -4.53. The van der Waals surface area contributed by atoms with Crippen LogP contribution in [0.15, 0.2) is 77.9 Å². The van der Waals surface area contributed by atoms with Crippen LogP contribution in [0.2, 0.25) is 0 Å². The maximum atomic E-state index is 14.3. The van der Waals surface area contributed by atoms with Crippen LogP contribution < -0.4 is 20.2 Å². The van der Waals surface area contributed by atoms with Crippen molar-refractivity contribution in [3.8, 4) is 17.2 Å². The fraction of sp³-hybridized carbons (Fsp3) is 0.185. The van der Waals surface area contributed by atoms with E-state index in [4.69, 9.17) is 9.47 Å². The summed E-state index contributed by atoms with van der Waals surface area (Å²) in [5.41, 5.74) is 1.36. The van der Waals surface area contributed by atoms with Gasteiger partial charge in [0.2, 0.25) is 5.43 Å². The van der Waals surface area contributed by atoms with Crippen molar-refractivity contribution in [2.75, 3.05) is 7.11 Å². The topological polar surface area (TPSA) is 95.3 Å². The van der Waals surface area contributed by atoms with Crippen LogP contribution in [0, 0.1) is 12.7 Å². The molecular formula is C27H25FN4O4. The zero-order chi connectivity index (χ0) is 25.7. The number of hydrogen-bond acceptors (Lipinski definition) is 6. The van der Waals surface area contributed by atoms with Crippen molar-refractivity contribution in [2.45, 2.75) is 26.5 Å². The summed E-state index contributed by atoms with van der Waals surface area (Å²) in [5.74, 6) is -0.146. The largest absolute Gasteiger partial charge is 0.493 e. The van der Waals surface area contributed by atoms with Gasteiger partial charge in [0.25, 0.3) is 5.91 Å². The number of aromatic nitrogens is 3. The fourth-order valence-corrected chi connectivity index (χ4v) is 3.63. The van der Waals surface area contributed by atoms with Crippen LogP contribution in [0.3, 0.4) is 0 Å². The number of amides is 1. The quantitative estimate of drug-likeness (QED) is 0.400. The maximum Gasteiger partial charge on any atom is 0.276 e. The zero-order valence-electron chi connectivity index (χ0n) is 20.1. The monoisotopic (exact) mass is 488 g/mol. The highest BCUT2D eigenvalue weighted by molar-refractivity contribution is 5.92. The van der Waals surface area contributed by atoms with Gasteiger partial charge in [-0.15, -0.1) is 0 Å². The first-order valence-corrected chi connectivity index (χ1v) is 11.2. The van der Waals surface area contributed by atoms with E-state index < -0.39 is 23.2 Å². The molecule has 0 saturated heterocycles. The summed E-state index contributed by atoms with van der Waals surface area (Å²) in [7, 11) is 1.53.